The number of hydrogen-bond acceptors (Lipinski definition) is 4. The first-order valence-corrected chi connectivity index (χ1v) is 9.27. The minimum absolute atomic E-state index is 0.0920. The Morgan fingerprint density at radius 2 is 1.96 bits per heavy atom. The van der Waals surface area contributed by atoms with Gasteiger partial charge in [-0.25, -0.2) is 8.42 Å². The van der Waals surface area contributed by atoms with Gasteiger partial charge in [0, 0.05) is 13.1 Å². The molecular formula is C17H20N2O4S. The second-order valence-corrected chi connectivity index (χ2v) is 7.67. The van der Waals surface area contributed by atoms with Gasteiger partial charge in [0.05, 0.1) is 0 Å². The molecule has 0 radical (unpaired) electrons. The van der Waals surface area contributed by atoms with Crippen LogP contribution in [0.2, 0.25) is 0 Å². The molecule has 2 heterocycles. The van der Waals surface area contributed by atoms with Gasteiger partial charge >= 0.3 is 0 Å². The van der Waals surface area contributed by atoms with Crippen molar-refractivity contribution in [3.05, 3.63) is 53.5 Å². The summed E-state index contributed by atoms with van der Waals surface area (Å²) in [5.41, 5.74) is 1.02. The van der Waals surface area contributed by atoms with E-state index in [0.29, 0.717) is 31.0 Å². The van der Waals surface area contributed by atoms with Crippen molar-refractivity contribution in [1.29, 1.82) is 0 Å². The Balaban J connectivity index is 1.70. The Hall–Kier alpha value is -2.12. The molecule has 0 unspecified atom stereocenters. The summed E-state index contributed by atoms with van der Waals surface area (Å²) in [5.74, 6) is 0.656. The second kappa shape index (κ2) is 6.41. The predicted octanol–water partition coefficient (Wildman–Crippen LogP) is 1.98. The molecule has 1 fully saturated rings. The molecule has 0 bridgehead atoms. The first-order valence-electron chi connectivity index (χ1n) is 7.79. The van der Waals surface area contributed by atoms with E-state index in [1.54, 1.807) is 18.7 Å². The molecule has 0 spiro atoms. The van der Waals surface area contributed by atoms with Gasteiger partial charge in [0.1, 0.15) is 22.5 Å². The number of nitrogens with one attached hydrogen (secondary N) is 1. The van der Waals surface area contributed by atoms with Crippen LogP contribution in [-0.2, 0) is 21.4 Å². The van der Waals surface area contributed by atoms with Gasteiger partial charge in [-0.15, -0.1) is 0 Å². The van der Waals surface area contributed by atoms with Crippen molar-refractivity contribution in [2.24, 2.45) is 0 Å². The van der Waals surface area contributed by atoms with E-state index >= 15 is 0 Å². The van der Waals surface area contributed by atoms with E-state index in [2.05, 4.69) is 4.72 Å². The number of aryl methyl sites for hydroxylation is 2. The van der Waals surface area contributed by atoms with E-state index in [4.69, 9.17) is 4.42 Å². The summed E-state index contributed by atoms with van der Waals surface area (Å²) in [5, 5.41) is 0. The number of likely N-dealkylation sites (tertiary alicyclic amines) is 1. The lowest BCUT2D eigenvalue weighted by molar-refractivity contribution is -0.129. The molecule has 128 valence electrons. The van der Waals surface area contributed by atoms with Crippen LogP contribution in [0.5, 0.6) is 0 Å². The summed E-state index contributed by atoms with van der Waals surface area (Å²) in [7, 11) is -3.77. The second-order valence-electron chi connectivity index (χ2n) is 5.99. The molecule has 3 rings (SSSR count). The molecule has 2 aromatic rings. The lowest BCUT2D eigenvalue weighted by atomic mass is 10.2. The molecule has 1 atom stereocenters. The number of carbonyl (C=O) groups is 1. The Bertz CT molecular complexity index is 843. The van der Waals surface area contributed by atoms with Gasteiger partial charge in [-0.05, 0) is 31.9 Å². The number of rotatable bonds is 5. The SMILES string of the molecule is Cc1cc(S(=O)(=O)N[C@H]2CCN(Cc3ccccc3)C2=O)c(C)o1. The Morgan fingerprint density at radius 3 is 2.58 bits per heavy atom. The van der Waals surface area contributed by atoms with Crippen molar-refractivity contribution in [1.82, 2.24) is 9.62 Å². The van der Waals surface area contributed by atoms with Crippen LogP contribution in [0.1, 0.15) is 23.5 Å². The highest BCUT2D eigenvalue weighted by Crippen LogP contribution is 2.22. The molecule has 0 aliphatic carbocycles. The van der Waals surface area contributed by atoms with E-state index in [1.165, 1.54) is 6.07 Å². The molecule has 1 aromatic carbocycles. The first kappa shape index (κ1) is 16.7. The van der Waals surface area contributed by atoms with E-state index in [-0.39, 0.29) is 10.8 Å². The van der Waals surface area contributed by atoms with E-state index in [1.807, 2.05) is 30.3 Å². The van der Waals surface area contributed by atoms with E-state index in [0.717, 1.165) is 5.56 Å². The van der Waals surface area contributed by atoms with Gasteiger partial charge < -0.3 is 9.32 Å². The number of benzene rings is 1. The molecule has 1 saturated heterocycles. The van der Waals surface area contributed by atoms with Crippen molar-refractivity contribution in [2.45, 2.75) is 37.8 Å². The average Bonchev–Trinajstić information content (AvgIpc) is 3.05. The predicted molar refractivity (Wildman–Crippen MR) is 88.8 cm³/mol. The molecule has 1 aromatic heterocycles. The minimum Gasteiger partial charge on any atom is -0.465 e. The molecule has 1 aliphatic rings. The number of furan rings is 1. The highest BCUT2D eigenvalue weighted by molar-refractivity contribution is 7.89. The molecule has 0 saturated carbocycles. The van der Waals surface area contributed by atoms with Crippen LogP contribution in [0.3, 0.4) is 0 Å². The monoisotopic (exact) mass is 348 g/mol. The molecule has 7 heteroatoms. The van der Waals surface area contributed by atoms with Crippen molar-refractivity contribution in [2.75, 3.05) is 6.54 Å². The Morgan fingerprint density at radius 1 is 1.25 bits per heavy atom. The lowest BCUT2D eigenvalue weighted by Gasteiger charge is -2.17. The fraction of sp³-hybridized carbons (Fsp3) is 0.353. The van der Waals surface area contributed by atoms with Crippen molar-refractivity contribution < 1.29 is 17.6 Å². The van der Waals surface area contributed by atoms with Crippen LogP contribution in [0.15, 0.2) is 45.7 Å². The van der Waals surface area contributed by atoms with Crippen LogP contribution >= 0.6 is 0 Å². The quantitative estimate of drug-likeness (QED) is 0.896. The minimum atomic E-state index is -3.77. The fourth-order valence-electron chi connectivity index (χ4n) is 2.93. The van der Waals surface area contributed by atoms with E-state index < -0.39 is 16.1 Å². The smallest absolute Gasteiger partial charge is 0.244 e. The number of amides is 1. The van der Waals surface area contributed by atoms with Crippen LogP contribution in [0, 0.1) is 13.8 Å². The average molecular weight is 348 g/mol. The zero-order valence-corrected chi connectivity index (χ0v) is 14.5. The maximum atomic E-state index is 12.5. The van der Waals surface area contributed by atoms with Gasteiger partial charge in [-0.2, -0.15) is 4.72 Å². The summed E-state index contributed by atoms with van der Waals surface area (Å²) in [6.45, 7) is 4.31. The van der Waals surface area contributed by atoms with Crippen molar-refractivity contribution in [3.8, 4) is 0 Å². The molecule has 1 amide bonds. The molecule has 1 aliphatic heterocycles. The molecule has 1 N–H and O–H groups in total. The Labute approximate surface area is 141 Å². The van der Waals surface area contributed by atoms with E-state index in [9.17, 15) is 13.2 Å². The third kappa shape index (κ3) is 3.37. The third-order valence-electron chi connectivity index (χ3n) is 4.10. The summed E-state index contributed by atoms with van der Waals surface area (Å²) in [6.07, 6.45) is 0.459. The zero-order valence-electron chi connectivity index (χ0n) is 13.7. The van der Waals surface area contributed by atoms with Gasteiger partial charge in [0.15, 0.2) is 0 Å². The number of hydrogen-bond donors (Lipinski definition) is 1. The Kier molecular flexibility index (Phi) is 4.47. The highest BCUT2D eigenvalue weighted by atomic mass is 32.2. The normalized spacial score (nSPS) is 18.3. The number of sulfonamides is 1. The van der Waals surface area contributed by atoms with Gasteiger partial charge in [0.25, 0.3) is 0 Å². The first-order chi connectivity index (χ1) is 11.4. The largest absolute Gasteiger partial charge is 0.465 e. The topological polar surface area (TPSA) is 79.6 Å². The number of nitrogens with zero attached hydrogens (tertiary/aromatic N) is 1. The van der Waals surface area contributed by atoms with Gasteiger partial charge in [0.2, 0.25) is 15.9 Å². The molecule has 6 nitrogen and oxygen atoms in total. The maximum Gasteiger partial charge on any atom is 0.244 e. The van der Waals surface area contributed by atoms with Crippen molar-refractivity contribution >= 4 is 15.9 Å². The van der Waals surface area contributed by atoms with Gasteiger partial charge in [-0.1, -0.05) is 30.3 Å². The maximum absolute atomic E-state index is 12.5. The summed E-state index contributed by atoms with van der Waals surface area (Å²) >= 11 is 0. The molecular weight excluding hydrogens is 328 g/mol. The lowest BCUT2D eigenvalue weighted by Crippen LogP contribution is -2.41. The standard InChI is InChI=1S/C17H20N2O4S/c1-12-10-16(13(2)23-12)24(21,22)18-15-8-9-19(17(15)20)11-14-6-4-3-5-7-14/h3-7,10,15,18H,8-9,11H2,1-2H3/t15-/m0/s1. The van der Waals surface area contributed by atoms with Gasteiger partial charge in [-0.3, -0.25) is 4.79 Å². The number of carbonyl (C=O) groups excluding carboxylic acids is 1. The van der Waals surface area contributed by atoms with Crippen LogP contribution < -0.4 is 4.72 Å². The van der Waals surface area contributed by atoms with Crippen LogP contribution in [-0.4, -0.2) is 31.8 Å². The van der Waals surface area contributed by atoms with Crippen molar-refractivity contribution in [3.63, 3.8) is 0 Å². The van der Waals surface area contributed by atoms with Crippen LogP contribution in [0.25, 0.3) is 0 Å². The summed E-state index contributed by atoms with van der Waals surface area (Å²) in [6, 6.07) is 10.4. The highest BCUT2D eigenvalue weighted by Gasteiger charge is 2.35. The molecule has 24 heavy (non-hydrogen) atoms. The fourth-order valence-corrected chi connectivity index (χ4v) is 4.40. The summed E-state index contributed by atoms with van der Waals surface area (Å²) in [4.78, 5) is 14.3. The van der Waals surface area contributed by atoms with Crippen LogP contribution in [0.4, 0.5) is 0 Å². The third-order valence-corrected chi connectivity index (χ3v) is 5.68. The zero-order chi connectivity index (χ0) is 17.3. The summed E-state index contributed by atoms with van der Waals surface area (Å²) < 4.78 is 32.8.